The number of carbonyl (C=O) groups is 1. The van der Waals surface area contributed by atoms with Crippen molar-refractivity contribution in [3.05, 3.63) is 59.7 Å². The molecule has 1 amide bonds. The van der Waals surface area contributed by atoms with E-state index in [1.54, 1.807) is 6.21 Å². The summed E-state index contributed by atoms with van der Waals surface area (Å²) < 4.78 is 0. The topological polar surface area (TPSA) is 45.0 Å². The molecule has 0 bridgehead atoms. The molecule has 23 heavy (non-hydrogen) atoms. The maximum atomic E-state index is 12.6. The largest absolute Gasteiger partial charge is 0.271 e. The standard InChI is InChI=1S/C19H19N3O/c1-13-9-10-18(14(2)11-13)20-12-17-15(3)21-22(19(17)23)16-7-5-4-6-8-16/h4-12,17H,1-3H3/t17-/m0/s1. The van der Waals surface area contributed by atoms with E-state index < -0.39 is 5.92 Å². The lowest BCUT2D eigenvalue weighted by Crippen LogP contribution is -2.27. The van der Waals surface area contributed by atoms with Crippen LogP contribution in [0.2, 0.25) is 0 Å². The van der Waals surface area contributed by atoms with Crippen molar-refractivity contribution in [3.8, 4) is 0 Å². The van der Waals surface area contributed by atoms with Crippen LogP contribution in [0.1, 0.15) is 18.1 Å². The minimum Gasteiger partial charge on any atom is -0.271 e. The van der Waals surface area contributed by atoms with Gasteiger partial charge in [-0.3, -0.25) is 9.79 Å². The van der Waals surface area contributed by atoms with Crippen LogP contribution >= 0.6 is 0 Å². The summed E-state index contributed by atoms with van der Waals surface area (Å²) in [5, 5.41) is 5.83. The Morgan fingerprint density at radius 3 is 2.52 bits per heavy atom. The molecular formula is C19H19N3O. The number of rotatable bonds is 3. The fourth-order valence-electron chi connectivity index (χ4n) is 2.61. The number of hydrogen-bond acceptors (Lipinski definition) is 3. The van der Waals surface area contributed by atoms with Gasteiger partial charge in [0.25, 0.3) is 5.91 Å². The van der Waals surface area contributed by atoms with Crippen molar-refractivity contribution < 1.29 is 4.79 Å². The van der Waals surface area contributed by atoms with Gasteiger partial charge < -0.3 is 0 Å². The van der Waals surface area contributed by atoms with E-state index in [-0.39, 0.29) is 5.91 Å². The van der Waals surface area contributed by atoms with Crippen LogP contribution in [0.25, 0.3) is 0 Å². The molecule has 0 radical (unpaired) electrons. The summed E-state index contributed by atoms with van der Waals surface area (Å²) >= 11 is 0. The quantitative estimate of drug-likeness (QED) is 0.789. The fourth-order valence-corrected chi connectivity index (χ4v) is 2.61. The Morgan fingerprint density at radius 1 is 1.09 bits per heavy atom. The summed E-state index contributed by atoms with van der Waals surface area (Å²) in [4.78, 5) is 17.1. The maximum absolute atomic E-state index is 12.6. The SMILES string of the molecule is CC1=NN(c2ccccc2)C(=O)[C@H]1C=Nc1ccc(C)cc1C. The minimum absolute atomic E-state index is 0.0674. The van der Waals surface area contributed by atoms with E-state index in [2.05, 4.69) is 23.1 Å². The van der Waals surface area contributed by atoms with Gasteiger partial charge in [0.05, 0.1) is 17.1 Å². The Hall–Kier alpha value is -2.75. The van der Waals surface area contributed by atoms with Crippen LogP contribution in [0.5, 0.6) is 0 Å². The van der Waals surface area contributed by atoms with E-state index in [4.69, 9.17) is 0 Å². The number of aryl methyl sites for hydroxylation is 2. The maximum Gasteiger partial charge on any atom is 0.261 e. The molecule has 0 aliphatic carbocycles. The Morgan fingerprint density at radius 2 is 1.83 bits per heavy atom. The molecule has 0 saturated carbocycles. The van der Waals surface area contributed by atoms with Gasteiger partial charge in [0.15, 0.2) is 0 Å². The molecule has 4 heteroatoms. The molecule has 0 N–H and O–H groups in total. The zero-order valence-corrected chi connectivity index (χ0v) is 13.5. The van der Waals surface area contributed by atoms with E-state index in [0.717, 1.165) is 22.6 Å². The molecule has 116 valence electrons. The smallest absolute Gasteiger partial charge is 0.261 e. The second kappa shape index (κ2) is 6.16. The van der Waals surface area contributed by atoms with Crippen LogP contribution in [0.15, 0.2) is 58.6 Å². The third-order valence-electron chi connectivity index (χ3n) is 3.90. The molecule has 1 aliphatic rings. The van der Waals surface area contributed by atoms with Crippen molar-refractivity contribution in [2.24, 2.45) is 16.0 Å². The number of hydrazone groups is 1. The third-order valence-corrected chi connectivity index (χ3v) is 3.90. The van der Waals surface area contributed by atoms with Gasteiger partial charge in [-0.05, 0) is 44.5 Å². The summed E-state index contributed by atoms with van der Waals surface area (Å²) in [6.45, 7) is 5.93. The second-order valence-corrected chi connectivity index (χ2v) is 5.77. The van der Waals surface area contributed by atoms with E-state index >= 15 is 0 Å². The molecule has 1 heterocycles. The molecule has 1 aliphatic heterocycles. The highest BCUT2D eigenvalue weighted by molar-refractivity contribution is 6.23. The Labute approximate surface area is 136 Å². The monoisotopic (exact) mass is 305 g/mol. The molecule has 0 fully saturated rings. The van der Waals surface area contributed by atoms with E-state index in [9.17, 15) is 4.79 Å². The summed E-state index contributed by atoms with van der Waals surface area (Å²) in [6, 6.07) is 15.5. The van der Waals surface area contributed by atoms with Crippen LogP contribution in [0, 0.1) is 19.8 Å². The van der Waals surface area contributed by atoms with Crippen molar-refractivity contribution in [2.45, 2.75) is 20.8 Å². The zero-order chi connectivity index (χ0) is 16.4. The highest BCUT2D eigenvalue weighted by atomic mass is 16.2. The minimum atomic E-state index is -0.407. The van der Waals surface area contributed by atoms with Gasteiger partial charge in [0.1, 0.15) is 5.92 Å². The van der Waals surface area contributed by atoms with Crippen LogP contribution in [0.4, 0.5) is 11.4 Å². The average Bonchev–Trinajstić information content (AvgIpc) is 2.82. The van der Waals surface area contributed by atoms with Crippen molar-refractivity contribution in [3.63, 3.8) is 0 Å². The number of anilines is 1. The first-order valence-corrected chi connectivity index (χ1v) is 7.62. The average molecular weight is 305 g/mol. The zero-order valence-electron chi connectivity index (χ0n) is 13.5. The molecule has 0 aromatic heterocycles. The first kappa shape index (κ1) is 15.2. The lowest BCUT2D eigenvalue weighted by atomic mass is 10.1. The number of carbonyl (C=O) groups excluding carboxylic acids is 1. The van der Waals surface area contributed by atoms with Crippen molar-refractivity contribution >= 4 is 29.2 Å². The van der Waals surface area contributed by atoms with Crippen molar-refractivity contribution in [1.29, 1.82) is 0 Å². The summed E-state index contributed by atoms with van der Waals surface area (Å²) in [5.41, 5.74) is 4.72. The molecule has 0 saturated heterocycles. The molecule has 3 rings (SSSR count). The lowest BCUT2D eigenvalue weighted by Gasteiger charge is -2.12. The number of benzene rings is 2. The van der Waals surface area contributed by atoms with E-state index in [0.29, 0.717) is 0 Å². The van der Waals surface area contributed by atoms with E-state index in [1.165, 1.54) is 10.6 Å². The van der Waals surface area contributed by atoms with Gasteiger partial charge in [-0.15, -0.1) is 0 Å². The van der Waals surface area contributed by atoms with Gasteiger partial charge in [0.2, 0.25) is 0 Å². The van der Waals surface area contributed by atoms with Gasteiger partial charge in [-0.1, -0.05) is 35.9 Å². The fraction of sp³-hybridized carbons (Fsp3) is 0.211. The van der Waals surface area contributed by atoms with Gasteiger partial charge in [0, 0.05) is 6.21 Å². The summed E-state index contributed by atoms with van der Waals surface area (Å²) in [5.74, 6) is -0.474. The Bertz CT molecular complexity index is 794. The van der Waals surface area contributed by atoms with Crippen LogP contribution in [-0.4, -0.2) is 17.8 Å². The molecule has 0 spiro atoms. The highest BCUT2D eigenvalue weighted by Crippen LogP contribution is 2.24. The number of aliphatic imine (C=N–C) groups is 1. The Kier molecular flexibility index (Phi) is 4.06. The molecule has 1 atom stereocenters. The first-order chi connectivity index (χ1) is 11.1. The van der Waals surface area contributed by atoms with Crippen molar-refractivity contribution in [2.75, 3.05) is 5.01 Å². The number of para-hydroxylation sites is 1. The second-order valence-electron chi connectivity index (χ2n) is 5.77. The summed E-state index contributed by atoms with van der Waals surface area (Å²) in [7, 11) is 0. The molecule has 0 unspecified atom stereocenters. The van der Waals surface area contributed by atoms with Crippen molar-refractivity contribution in [1.82, 2.24) is 0 Å². The lowest BCUT2D eigenvalue weighted by molar-refractivity contribution is -0.118. The van der Waals surface area contributed by atoms with Gasteiger partial charge in [-0.25, -0.2) is 0 Å². The normalized spacial score (nSPS) is 17.9. The highest BCUT2D eigenvalue weighted by Gasteiger charge is 2.33. The van der Waals surface area contributed by atoms with Crippen LogP contribution in [0.3, 0.4) is 0 Å². The third kappa shape index (κ3) is 3.06. The van der Waals surface area contributed by atoms with Gasteiger partial charge in [-0.2, -0.15) is 10.1 Å². The van der Waals surface area contributed by atoms with Crippen LogP contribution in [-0.2, 0) is 4.79 Å². The van der Waals surface area contributed by atoms with Gasteiger partial charge >= 0.3 is 0 Å². The predicted molar refractivity (Wildman–Crippen MR) is 94.6 cm³/mol. The number of nitrogens with zero attached hydrogens (tertiary/aromatic N) is 3. The number of hydrogen-bond donors (Lipinski definition) is 0. The molecule has 2 aromatic rings. The number of amides is 1. The van der Waals surface area contributed by atoms with E-state index in [1.807, 2.05) is 56.3 Å². The summed E-state index contributed by atoms with van der Waals surface area (Å²) in [6.07, 6.45) is 1.70. The predicted octanol–water partition coefficient (Wildman–Crippen LogP) is 4.04. The Balaban J connectivity index is 1.83. The van der Waals surface area contributed by atoms with Crippen LogP contribution < -0.4 is 5.01 Å². The molecular weight excluding hydrogens is 286 g/mol. The molecule has 2 aromatic carbocycles. The molecule has 4 nitrogen and oxygen atoms in total. The first-order valence-electron chi connectivity index (χ1n) is 7.62.